The van der Waals surface area contributed by atoms with Gasteiger partial charge < -0.3 is 14.9 Å². The molecule has 21 heteroatoms. The average molecular weight is 593 g/mol. The second-order valence-corrected chi connectivity index (χ2v) is 8.23. The number of alkyl halides is 17. The van der Waals surface area contributed by atoms with Crippen molar-refractivity contribution in [2.24, 2.45) is 0 Å². The van der Waals surface area contributed by atoms with E-state index in [2.05, 4.69) is 0 Å². The first-order chi connectivity index (χ1) is 15.9. The Balaban J connectivity index is 6.18. The van der Waals surface area contributed by atoms with Gasteiger partial charge in [-0.05, 0) is 0 Å². The number of hydrogen-bond acceptors (Lipinski definition) is 2. The van der Waals surface area contributed by atoms with E-state index in [0.29, 0.717) is 0 Å². The normalized spacial score (nSPS) is 15.7. The van der Waals surface area contributed by atoms with Gasteiger partial charge in [-0.3, -0.25) is 4.79 Å². The molecule has 0 aliphatic rings. The molecular formula is C16H18F17N2O2+. The van der Waals surface area contributed by atoms with E-state index in [4.69, 9.17) is 5.11 Å². The summed E-state index contributed by atoms with van der Waals surface area (Å²) in [5.41, 5.74) is 0. The molecule has 222 valence electrons. The zero-order valence-electron chi connectivity index (χ0n) is 18.3. The average Bonchev–Trinajstić information content (AvgIpc) is 2.69. The SMILES string of the molecule is C[N+](C)(CCO)CCCNC(=O)C(F)(F)C(F)(F)C(F)(F)C(F)(F)C(F)(F)C(F)(F)C(F)(F)C(F)(F)F. The van der Waals surface area contributed by atoms with Crippen LogP contribution in [-0.2, 0) is 4.79 Å². The Kier molecular flexibility index (Phi) is 9.58. The van der Waals surface area contributed by atoms with E-state index in [1.165, 1.54) is 14.1 Å². The van der Waals surface area contributed by atoms with Gasteiger partial charge in [0.1, 0.15) is 6.54 Å². The quantitative estimate of drug-likeness (QED) is 0.187. The molecule has 0 rings (SSSR count). The first kappa shape index (κ1) is 35.2. The highest BCUT2D eigenvalue weighted by atomic mass is 19.4. The lowest BCUT2D eigenvalue weighted by atomic mass is 9.89. The molecule has 37 heavy (non-hydrogen) atoms. The van der Waals surface area contributed by atoms with E-state index in [9.17, 15) is 79.4 Å². The number of carbonyl (C=O) groups is 1. The predicted molar refractivity (Wildman–Crippen MR) is 87.2 cm³/mol. The smallest absolute Gasteiger partial charge is 0.391 e. The molecule has 1 amide bonds. The van der Waals surface area contributed by atoms with Gasteiger partial charge in [0.25, 0.3) is 5.91 Å². The number of aliphatic hydroxyl groups excluding tert-OH is 1. The van der Waals surface area contributed by atoms with Crippen molar-refractivity contribution in [3.8, 4) is 0 Å². The summed E-state index contributed by atoms with van der Waals surface area (Å²) in [5, 5.41) is 9.64. The minimum Gasteiger partial charge on any atom is -0.391 e. The van der Waals surface area contributed by atoms with Crippen LogP contribution < -0.4 is 5.32 Å². The molecule has 0 heterocycles. The van der Waals surface area contributed by atoms with Crippen molar-refractivity contribution in [1.29, 1.82) is 0 Å². The Morgan fingerprint density at radius 2 is 0.973 bits per heavy atom. The van der Waals surface area contributed by atoms with Gasteiger partial charge in [-0.1, -0.05) is 0 Å². The summed E-state index contributed by atoms with van der Waals surface area (Å²) in [6.45, 7) is -1.58. The van der Waals surface area contributed by atoms with Gasteiger partial charge in [0.2, 0.25) is 0 Å². The number of hydrogen-bond donors (Lipinski definition) is 2. The summed E-state index contributed by atoms with van der Waals surface area (Å²) in [5.74, 6) is -61.5. The molecule has 0 atom stereocenters. The van der Waals surface area contributed by atoms with Gasteiger partial charge in [0, 0.05) is 13.0 Å². The van der Waals surface area contributed by atoms with Crippen LogP contribution in [0.1, 0.15) is 6.42 Å². The fourth-order valence-corrected chi connectivity index (χ4v) is 2.51. The number of nitrogens with zero attached hydrogens (tertiary/aromatic N) is 1. The maximum Gasteiger partial charge on any atom is 0.460 e. The van der Waals surface area contributed by atoms with Crippen molar-refractivity contribution in [2.75, 3.05) is 40.3 Å². The molecule has 0 unspecified atom stereocenters. The monoisotopic (exact) mass is 593 g/mol. The molecule has 0 bridgehead atoms. The third-order valence-corrected chi connectivity index (χ3v) is 4.94. The molecule has 0 aliphatic heterocycles. The highest BCUT2D eigenvalue weighted by Gasteiger charge is 2.95. The van der Waals surface area contributed by atoms with E-state index in [1.807, 2.05) is 0 Å². The van der Waals surface area contributed by atoms with Crippen LogP contribution in [-0.4, -0.2) is 103 Å². The minimum absolute atomic E-state index is 0.0235. The van der Waals surface area contributed by atoms with Crippen LogP contribution in [0.3, 0.4) is 0 Å². The number of quaternary nitrogens is 1. The lowest BCUT2D eigenvalue weighted by Gasteiger charge is -2.42. The number of carbonyl (C=O) groups excluding carboxylic acids is 1. The molecule has 2 N–H and O–H groups in total. The molecule has 0 saturated heterocycles. The molecular weight excluding hydrogens is 575 g/mol. The van der Waals surface area contributed by atoms with Crippen LogP contribution in [0.2, 0.25) is 0 Å². The molecule has 0 aromatic heterocycles. The Morgan fingerprint density at radius 1 is 0.622 bits per heavy atom. The first-order valence-corrected chi connectivity index (χ1v) is 9.36. The van der Waals surface area contributed by atoms with Crippen LogP contribution in [0.5, 0.6) is 0 Å². The van der Waals surface area contributed by atoms with Crippen LogP contribution in [0.4, 0.5) is 74.6 Å². The lowest BCUT2D eigenvalue weighted by Crippen LogP contribution is -2.75. The summed E-state index contributed by atoms with van der Waals surface area (Å²) in [7, 11) is 2.84. The van der Waals surface area contributed by atoms with Crippen molar-refractivity contribution < 1.29 is 89.0 Å². The van der Waals surface area contributed by atoms with Gasteiger partial charge in [0.05, 0.1) is 27.2 Å². The minimum atomic E-state index is -8.74. The van der Waals surface area contributed by atoms with Gasteiger partial charge >= 0.3 is 47.6 Å². The zero-order chi connectivity index (χ0) is 30.3. The van der Waals surface area contributed by atoms with Crippen molar-refractivity contribution in [1.82, 2.24) is 5.32 Å². The second-order valence-electron chi connectivity index (χ2n) is 8.23. The third kappa shape index (κ3) is 5.65. The van der Waals surface area contributed by atoms with E-state index in [1.54, 1.807) is 0 Å². The Morgan fingerprint density at radius 3 is 1.32 bits per heavy atom. The summed E-state index contributed by atoms with van der Waals surface area (Å²) >= 11 is 0. The molecule has 0 fully saturated rings. The van der Waals surface area contributed by atoms with Gasteiger partial charge in [-0.2, -0.15) is 74.6 Å². The summed E-state index contributed by atoms with van der Waals surface area (Å²) in [4.78, 5) is 11.3. The van der Waals surface area contributed by atoms with Crippen molar-refractivity contribution in [3.63, 3.8) is 0 Å². The fourth-order valence-electron chi connectivity index (χ4n) is 2.51. The van der Waals surface area contributed by atoms with Crippen LogP contribution in [0, 0.1) is 0 Å². The van der Waals surface area contributed by atoms with Gasteiger partial charge in [-0.25, -0.2) is 0 Å². The summed E-state index contributed by atoms with van der Waals surface area (Å²) in [6.07, 6.45) is -8.26. The first-order valence-electron chi connectivity index (χ1n) is 9.36. The van der Waals surface area contributed by atoms with E-state index >= 15 is 0 Å². The highest BCUT2D eigenvalue weighted by Crippen LogP contribution is 2.63. The molecule has 0 aliphatic carbocycles. The fraction of sp³-hybridized carbons (Fsp3) is 0.938. The molecule has 4 nitrogen and oxygen atoms in total. The molecule has 0 aromatic carbocycles. The molecule has 0 spiro atoms. The van der Waals surface area contributed by atoms with Crippen LogP contribution >= 0.6 is 0 Å². The van der Waals surface area contributed by atoms with E-state index in [-0.39, 0.29) is 17.6 Å². The van der Waals surface area contributed by atoms with Crippen molar-refractivity contribution >= 4 is 5.91 Å². The summed E-state index contributed by atoms with van der Waals surface area (Å²) in [6, 6.07) is 0. The Hall–Kier alpha value is -1.80. The summed E-state index contributed by atoms with van der Waals surface area (Å²) < 4.78 is 224. The standard InChI is InChI=1S/C16H17F17N2O2/c1-35(2,6-7-36)5-3-4-34-8(37)9(17,18)10(19,20)11(21,22)12(23,24)13(25,26)14(27,28)15(29,30)16(31,32)33/h36H,3-7H2,1-2H3/p+1. The number of amides is 1. The van der Waals surface area contributed by atoms with Crippen molar-refractivity contribution in [3.05, 3.63) is 0 Å². The third-order valence-electron chi connectivity index (χ3n) is 4.94. The lowest BCUT2D eigenvalue weighted by molar-refractivity contribution is -0.890. The number of nitrogens with one attached hydrogen (secondary N) is 1. The second kappa shape index (κ2) is 10.1. The number of rotatable bonds is 13. The van der Waals surface area contributed by atoms with Crippen LogP contribution in [0.15, 0.2) is 0 Å². The van der Waals surface area contributed by atoms with Crippen LogP contribution in [0.25, 0.3) is 0 Å². The maximum absolute atomic E-state index is 13.7. The van der Waals surface area contributed by atoms with E-state index in [0.717, 1.165) is 5.32 Å². The predicted octanol–water partition coefficient (Wildman–Crippen LogP) is 4.57. The van der Waals surface area contributed by atoms with Gasteiger partial charge in [0.15, 0.2) is 0 Å². The number of halogens is 17. The topological polar surface area (TPSA) is 49.3 Å². The number of aliphatic hydroxyl groups is 1. The van der Waals surface area contributed by atoms with Crippen molar-refractivity contribution in [2.45, 2.75) is 54.1 Å². The molecule has 0 radical (unpaired) electrons. The van der Waals surface area contributed by atoms with Gasteiger partial charge in [-0.15, -0.1) is 0 Å². The molecule has 0 saturated carbocycles. The Labute approximate surface area is 196 Å². The maximum atomic E-state index is 13.7. The highest BCUT2D eigenvalue weighted by molar-refractivity contribution is 5.84. The largest absolute Gasteiger partial charge is 0.460 e. The molecule has 0 aromatic rings. The van der Waals surface area contributed by atoms with E-state index < -0.39 is 73.1 Å². The Bertz CT molecular complexity index is 808. The number of likely N-dealkylation sites (N-methyl/N-ethyl adjacent to an activating group) is 1. The zero-order valence-corrected chi connectivity index (χ0v) is 18.3.